The van der Waals surface area contributed by atoms with Gasteiger partial charge in [-0.15, -0.1) is 10.2 Å². The first kappa shape index (κ1) is 22.3. The molecule has 1 amide bonds. The highest BCUT2D eigenvalue weighted by Gasteiger charge is 2.17. The molecule has 0 aliphatic rings. The van der Waals surface area contributed by atoms with Crippen LogP contribution in [0.25, 0.3) is 16.6 Å². The first-order valence-corrected chi connectivity index (χ1v) is 10.9. The van der Waals surface area contributed by atoms with E-state index in [1.807, 2.05) is 29.5 Å². The van der Waals surface area contributed by atoms with E-state index in [-0.39, 0.29) is 17.3 Å². The van der Waals surface area contributed by atoms with Crippen molar-refractivity contribution in [3.8, 4) is 11.5 Å². The van der Waals surface area contributed by atoms with Crippen LogP contribution in [0.15, 0.2) is 41.6 Å². The number of anilines is 1. The van der Waals surface area contributed by atoms with Crippen LogP contribution >= 0.6 is 11.8 Å². The third-order valence-corrected chi connectivity index (χ3v) is 6.09. The lowest BCUT2D eigenvalue weighted by Crippen LogP contribution is -2.15. The quantitative estimate of drug-likeness (QED) is 0.244. The van der Waals surface area contributed by atoms with Gasteiger partial charge in [0.05, 0.1) is 30.4 Å². The maximum absolute atomic E-state index is 12.6. The highest BCUT2D eigenvalue weighted by atomic mass is 32.2. The van der Waals surface area contributed by atoms with E-state index in [4.69, 9.17) is 9.47 Å². The molecule has 33 heavy (non-hydrogen) atoms. The third kappa shape index (κ3) is 4.27. The fraction of sp³-hybridized carbons (Fsp3) is 0.227. The lowest BCUT2D eigenvalue weighted by molar-refractivity contribution is -0.384. The Labute approximate surface area is 193 Å². The number of pyridine rings is 1. The van der Waals surface area contributed by atoms with Crippen LogP contribution in [0.3, 0.4) is 0 Å². The van der Waals surface area contributed by atoms with Crippen molar-refractivity contribution in [3.05, 3.63) is 57.6 Å². The topological polar surface area (TPSA) is 121 Å². The van der Waals surface area contributed by atoms with Gasteiger partial charge in [0, 0.05) is 29.3 Å². The van der Waals surface area contributed by atoms with Crippen molar-refractivity contribution in [3.63, 3.8) is 0 Å². The molecule has 11 heteroatoms. The number of carbonyl (C=O) groups is 1. The summed E-state index contributed by atoms with van der Waals surface area (Å²) in [5.74, 6) is 1.01. The van der Waals surface area contributed by atoms with Crippen LogP contribution in [0.5, 0.6) is 11.5 Å². The SMILES string of the molecule is COc1cc2cc(C)c3nnc(SCC(=O)Nc4ccc([N+](=O)[O-])cc4C)n3c2cc1OC. The number of nitro groups is 1. The van der Waals surface area contributed by atoms with Crippen molar-refractivity contribution >= 4 is 45.6 Å². The van der Waals surface area contributed by atoms with Crippen molar-refractivity contribution in [1.29, 1.82) is 0 Å². The second-order valence-electron chi connectivity index (χ2n) is 7.33. The summed E-state index contributed by atoms with van der Waals surface area (Å²) in [6, 6.07) is 10.1. The second-order valence-corrected chi connectivity index (χ2v) is 8.27. The molecule has 4 rings (SSSR count). The van der Waals surface area contributed by atoms with E-state index in [0.717, 1.165) is 16.5 Å². The summed E-state index contributed by atoms with van der Waals surface area (Å²) in [4.78, 5) is 23.0. The molecule has 1 N–H and O–H groups in total. The van der Waals surface area contributed by atoms with Gasteiger partial charge in [0.1, 0.15) is 0 Å². The lowest BCUT2D eigenvalue weighted by Gasteiger charge is -2.12. The average molecular weight is 468 g/mol. The van der Waals surface area contributed by atoms with Gasteiger partial charge in [0.25, 0.3) is 5.69 Å². The molecule has 0 unspecified atom stereocenters. The van der Waals surface area contributed by atoms with E-state index >= 15 is 0 Å². The summed E-state index contributed by atoms with van der Waals surface area (Å²) in [7, 11) is 3.15. The number of nitro benzene ring substituents is 1. The van der Waals surface area contributed by atoms with Crippen LogP contribution < -0.4 is 14.8 Å². The summed E-state index contributed by atoms with van der Waals surface area (Å²) in [5.41, 5.74) is 3.55. The van der Waals surface area contributed by atoms with Gasteiger partial charge in [-0.2, -0.15) is 0 Å². The first-order valence-electron chi connectivity index (χ1n) is 9.90. The van der Waals surface area contributed by atoms with E-state index in [2.05, 4.69) is 15.5 Å². The summed E-state index contributed by atoms with van der Waals surface area (Å²) in [6.07, 6.45) is 0. The minimum Gasteiger partial charge on any atom is -0.493 e. The highest BCUT2D eigenvalue weighted by Crippen LogP contribution is 2.34. The molecule has 0 bridgehead atoms. The summed E-state index contributed by atoms with van der Waals surface area (Å²) in [6.45, 7) is 3.65. The van der Waals surface area contributed by atoms with Crippen LogP contribution in [-0.2, 0) is 4.79 Å². The number of carbonyl (C=O) groups excluding carboxylic acids is 1. The molecule has 0 spiro atoms. The van der Waals surface area contributed by atoms with E-state index in [1.54, 1.807) is 21.1 Å². The third-order valence-electron chi connectivity index (χ3n) is 5.16. The number of rotatable bonds is 7. The van der Waals surface area contributed by atoms with Crippen molar-refractivity contribution < 1.29 is 19.2 Å². The zero-order valence-corrected chi connectivity index (χ0v) is 19.2. The molecule has 0 saturated carbocycles. The summed E-state index contributed by atoms with van der Waals surface area (Å²) in [5, 5.41) is 23.8. The van der Waals surface area contributed by atoms with Crippen molar-refractivity contribution in [1.82, 2.24) is 14.6 Å². The lowest BCUT2D eigenvalue weighted by atomic mass is 10.1. The first-order chi connectivity index (χ1) is 15.8. The number of ether oxygens (including phenoxy) is 2. The van der Waals surface area contributed by atoms with E-state index in [0.29, 0.717) is 33.6 Å². The Kier molecular flexibility index (Phi) is 6.05. The fourth-order valence-corrected chi connectivity index (χ4v) is 4.29. The fourth-order valence-electron chi connectivity index (χ4n) is 3.55. The van der Waals surface area contributed by atoms with Gasteiger partial charge in [-0.3, -0.25) is 19.3 Å². The number of amides is 1. The maximum atomic E-state index is 12.6. The Morgan fingerprint density at radius 1 is 1.09 bits per heavy atom. The molecule has 170 valence electrons. The number of aromatic nitrogens is 3. The van der Waals surface area contributed by atoms with Gasteiger partial charge >= 0.3 is 0 Å². The number of benzene rings is 2. The number of nitrogens with one attached hydrogen (secondary N) is 1. The molecule has 0 aliphatic heterocycles. The Morgan fingerprint density at radius 3 is 2.48 bits per heavy atom. The molecule has 4 aromatic rings. The minimum atomic E-state index is -0.470. The number of non-ortho nitro benzene ring substituents is 1. The molecule has 10 nitrogen and oxygen atoms in total. The number of nitrogens with zero attached hydrogens (tertiary/aromatic N) is 4. The normalized spacial score (nSPS) is 11.0. The smallest absolute Gasteiger partial charge is 0.269 e. The molecule has 2 heterocycles. The summed E-state index contributed by atoms with van der Waals surface area (Å²) < 4.78 is 12.7. The van der Waals surface area contributed by atoms with Gasteiger partial charge in [-0.05, 0) is 43.2 Å². The second kappa shape index (κ2) is 8.94. The zero-order valence-electron chi connectivity index (χ0n) is 18.4. The van der Waals surface area contributed by atoms with Gasteiger partial charge < -0.3 is 14.8 Å². The van der Waals surface area contributed by atoms with Crippen LogP contribution in [0, 0.1) is 24.0 Å². The Balaban J connectivity index is 1.61. The Bertz CT molecular complexity index is 1400. The molecule has 0 fully saturated rings. The highest BCUT2D eigenvalue weighted by molar-refractivity contribution is 7.99. The minimum absolute atomic E-state index is 0.0240. The van der Waals surface area contributed by atoms with Crippen LogP contribution in [0.1, 0.15) is 11.1 Å². The largest absolute Gasteiger partial charge is 0.493 e. The van der Waals surface area contributed by atoms with E-state index in [9.17, 15) is 14.9 Å². The molecule has 0 aliphatic carbocycles. The van der Waals surface area contributed by atoms with Crippen LogP contribution in [-0.4, -0.2) is 45.4 Å². The van der Waals surface area contributed by atoms with Gasteiger partial charge in [-0.25, -0.2) is 0 Å². The van der Waals surface area contributed by atoms with Gasteiger partial charge in [0.15, 0.2) is 22.3 Å². The average Bonchev–Trinajstić information content (AvgIpc) is 3.23. The predicted octanol–water partition coefficient (Wildman–Crippen LogP) is 4.16. The molecular weight excluding hydrogens is 446 g/mol. The number of fused-ring (bicyclic) bond motifs is 3. The molecule has 2 aromatic heterocycles. The number of hydrogen-bond donors (Lipinski definition) is 1. The number of hydrogen-bond acceptors (Lipinski definition) is 8. The Morgan fingerprint density at radius 2 is 1.82 bits per heavy atom. The van der Waals surface area contributed by atoms with Crippen molar-refractivity contribution in [2.45, 2.75) is 19.0 Å². The van der Waals surface area contributed by atoms with Gasteiger partial charge in [0.2, 0.25) is 5.91 Å². The monoisotopic (exact) mass is 467 g/mol. The molecule has 2 aromatic carbocycles. The molecule has 0 atom stereocenters. The molecule has 0 radical (unpaired) electrons. The number of aryl methyl sites for hydroxylation is 2. The van der Waals surface area contributed by atoms with Crippen molar-refractivity contribution in [2.75, 3.05) is 25.3 Å². The molecular formula is C22H21N5O5S. The standard InChI is InChI=1S/C22H21N5O5S/c1-12-8-15(27(29)30)5-6-16(12)23-20(28)11-33-22-25-24-21-13(2)7-14-9-18(31-3)19(32-4)10-17(14)26(21)22/h5-10H,11H2,1-4H3,(H,23,28). The maximum Gasteiger partial charge on any atom is 0.269 e. The van der Waals surface area contributed by atoms with Crippen LogP contribution in [0.2, 0.25) is 0 Å². The Hall–Kier alpha value is -3.86. The number of thioether (sulfide) groups is 1. The van der Waals surface area contributed by atoms with E-state index in [1.165, 1.54) is 30.0 Å². The van der Waals surface area contributed by atoms with Crippen LogP contribution in [0.4, 0.5) is 11.4 Å². The zero-order chi connectivity index (χ0) is 23.7. The molecule has 0 saturated heterocycles. The van der Waals surface area contributed by atoms with E-state index < -0.39 is 4.92 Å². The summed E-state index contributed by atoms with van der Waals surface area (Å²) >= 11 is 1.24. The van der Waals surface area contributed by atoms with Gasteiger partial charge in [-0.1, -0.05) is 11.8 Å². The van der Waals surface area contributed by atoms with Crippen molar-refractivity contribution in [2.24, 2.45) is 0 Å². The predicted molar refractivity (Wildman–Crippen MR) is 126 cm³/mol. The number of methoxy groups -OCH3 is 2.